The standard InChI is InChI=1S/C15H23FN2/c1-12(2)17-9-14-6-7-18(11-14)10-13-4-3-5-15(16)8-13/h3-5,8,12,14,17H,6-7,9-11H2,1-2H3. The van der Waals surface area contributed by atoms with Gasteiger partial charge in [-0.05, 0) is 43.1 Å². The van der Waals surface area contributed by atoms with Gasteiger partial charge in [0.05, 0.1) is 0 Å². The number of benzene rings is 1. The van der Waals surface area contributed by atoms with Crippen LogP contribution in [0.5, 0.6) is 0 Å². The zero-order valence-electron chi connectivity index (χ0n) is 11.3. The lowest BCUT2D eigenvalue weighted by molar-refractivity contribution is 0.312. The zero-order valence-corrected chi connectivity index (χ0v) is 11.3. The molecule has 1 N–H and O–H groups in total. The summed E-state index contributed by atoms with van der Waals surface area (Å²) in [5.41, 5.74) is 1.08. The van der Waals surface area contributed by atoms with Gasteiger partial charge >= 0.3 is 0 Å². The maximum atomic E-state index is 13.1. The molecule has 1 heterocycles. The number of nitrogens with one attached hydrogen (secondary N) is 1. The number of likely N-dealkylation sites (tertiary alicyclic amines) is 1. The summed E-state index contributed by atoms with van der Waals surface area (Å²) in [5.74, 6) is 0.602. The lowest BCUT2D eigenvalue weighted by Gasteiger charge is -2.17. The maximum absolute atomic E-state index is 13.1. The van der Waals surface area contributed by atoms with Crippen LogP contribution in [0.2, 0.25) is 0 Å². The van der Waals surface area contributed by atoms with Gasteiger partial charge in [0, 0.05) is 19.1 Å². The average Bonchev–Trinajstić information content (AvgIpc) is 2.74. The molecule has 2 rings (SSSR count). The predicted molar refractivity (Wildman–Crippen MR) is 72.9 cm³/mol. The molecule has 1 saturated heterocycles. The lowest BCUT2D eigenvalue weighted by Crippen LogP contribution is -2.30. The number of halogens is 1. The summed E-state index contributed by atoms with van der Waals surface area (Å²) in [5, 5.41) is 3.49. The van der Waals surface area contributed by atoms with Crippen molar-refractivity contribution < 1.29 is 4.39 Å². The van der Waals surface area contributed by atoms with Crippen LogP contribution >= 0.6 is 0 Å². The second-order valence-corrected chi connectivity index (χ2v) is 5.58. The highest BCUT2D eigenvalue weighted by atomic mass is 19.1. The van der Waals surface area contributed by atoms with Crippen LogP contribution in [0.3, 0.4) is 0 Å². The van der Waals surface area contributed by atoms with Gasteiger partial charge in [-0.15, -0.1) is 0 Å². The molecule has 0 saturated carbocycles. The van der Waals surface area contributed by atoms with Crippen LogP contribution in [0.15, 0.2) is 24.3 Å². The molecule has 0 spiro atoms. The second kappa shape index (κ2) is 6.30. The van der Waals surface area contributed by atoms with Crippen molar-refractivity contribution in [2.24, 2.45) is 5.92 Å². The summed E-state index contributed by atoms with van der Waals surface area (Å²) < 4.78 is 13.1. The van der Waals surface area contributed by atoms with E-state index in [0.717, 1.165) is 37.7 Å². The van der Waals surface area contributed by atoms with Gasteiger partial charge in [0.15, 0.2) is 0 Å². The van der Waals surface area contributed by atoms with E-state index in [2.05, 4.69) is 24.1 Å². The third kappa shape index (κ3) is 4.07. The van der Waals surface area contributed by atoms with Gasteiger partial charge in [0.2, 0.25) is 0 Å². The van der Waals surface area contributed by atoms with Crippen LogP contribution in [-0.4, -0.2) is 30.6 Å². The molecule has 0 aromatic heterocycles. The van der Waals surface area contributed by atoms with Crippen molar-refractivity contribution in [2.75, 3.05) is 19.6 Å². The van der Waals surface area contributed by atoms with Gasteiger partial charge in [0.1, 0.15) is 5.82 Å². The van der Waals surface area contributed by atoms with Crippen LogP contribution in [0.1, 0.15) is 25.8 Å². The third-order valence-electron chi connectivity index (χ3n) is 3.48. The van der Waals surface area contributed by atoms with E-state index in [0.29, 0.717) is 6.04 Å². The first-order valence-corrected chi connectivity index (χ1v) is 6.83. The summed E-state index contributed by atoms with van der Waals surface area (Å²) in [6.45, 7) is 8.57. The third-order valence-corrected chi connectivity index (χ3v) is 3.48. The van der Waals surface area contributed by atoms with Crippen LogP contribution < -0.4 is 5.32 Å². The van der Waals surface area contributed by atoms with E-state index in [1.165, 1.54) is 12.5 Å². The monoisotopic (exact) mass is 250 g/mol. The van der Waals surface area contributed by atoms with Crippen molar-refractivity contribution in [3.63, 3.8) is 0 Å². The molecule has 1 aliphatic heterocycles. The number of nitrogens with zero attached hydrogens (tertiary/aromatic N) is 1. The Morgan fingerprint density at radius 3 is 3.00 bits per heavy atom. The molecular weight excluding hydrogens is 227 g/mol. The van der Waals surface area contributed by atoms with Gasteiger partial charge in [0.25, 0.3) is 0 Å². The smallest absolute Gasteiger partial charge is 0.123 e. The van der Waals surface area contributed by atoms with Crippen molar-refractivity contribution in [3.05, 3.63) is 35.6 Å². The van der Waals surface area contributed by atoms with Crippen LogP contribution in [0.4, 0.5) is 4.39 Å². The fourth-order valence-electron chi connectivity index (χ4n) is 2.52. The minimum absolute atomic E-state index is 0.135. The summed E-state index contributed by atoms with van der Waals surface area (Å²) in [7, 11) is 0. The molecular formula is C15H23FN2. The number of hydrogen-bond acceptors (Lipinski definition) is 2. The van der Waals surface area contributed by atoms with Crippen molar-refractivity contribution in [1.29, 1.82) is 0 Å². The average molecular weight is 250 g/mol. The number of rotatable bonds is 5. The Morgan fingerprint density at radius 1 is 1.44 bits per heavy atom. The van der Waals surface area contributed by atoms with Gasteiger partial charge in [-0.1, -0.05) is 26.0 Å². The van der Waals surface area contributed by atoms with Crippen molar-refractivity contribution in [1.82, 2.24) is 10.2 Å². The summed E-state index contributed by atoms with van der Waals surface area (Å²) >= 11 is 0. The SMILES string of the molecule is CC(C)NCC1CCN(Cc2cccc(F)c2)C1. The lowest BCUT2D eigenvalue weighted by atomic mass is 10.1. The van der Waals surface area contributed by atoms with E-state index in [1.54, 1.807) is 12.1 Å². The summed E-state index contributed by atoms with van der Waals surface area (Å²) in [6.07, 6.45) is 1.25. The topological polar surface area (TPSA) is 15.3 Å². The highest BCUT2D eigenvalue weighted by molar-refractivity contribution is 5.16. The second-order valence-electron chi connectivity index (χ2n) is 5.58. The quantitative estimate of drug-likeness (QED) is 0.864. The maximum Gasteiger partial charge on any atom is 0.123 e. The largest absolute Gasteiger partial charge is 0.314 e. The predicted octanol–water partition coefficient (Wildman–Crippen LogP) is 2.65. The van der Waals surface area contributed by atoms with Crippen molar-refractivity contribution in [2.45, 2.75) is 32.9 Å². The van der Waals surface area contributed by atoms with E-state index in [-0.39, 0.29) is 5.82 Å². The minimum atomic E-state index is -0.135. The molecule has 1 aliphatic rings. The normalized spacial score (nSPS) is 20.8. The Hall–Kier alpha value is -0.930. The van der Waals surface area contributed by atoms with Crippen LogP contribution in [-0.2, 0) is 6.54 Å². The Bertz CT molecular complexity index is 379. The Labute approximate surface area is 109 Å². The number of hydrogen-bond donors (Lipinski definition) is 1. The van der Waals surface area contributed by atoms with E-state index in [4.69, 9.17) is 0 Å². The van der Waals surface area contributed by atoms with E-state index in [1.807, 2.05) is 6.07 Å². The van der Waals surface area contributed by atoms with Gasteiger partial charge in [-0.3, -0.25) is 4.90 Å². The highest BCUT2D eigenvalue weighted by Crippen LogP contribution is 2.18. The van der Waals surface area contributed by atoms with Crippen LogP contribution in [0.25, 0.3) is 0 Å². The highest BCUT2D eigenvalue weighted by Gasteiger charge is 2.22. The molecule has 0 aliphatic carbocycles. The molecule has 0 amide bonds. The Kier molecular flexibility index (Phi) is 4.72. The zero-order chi connectivity index (χ0) is 13.0. The Balaban J connectivity index is 1.79. The fraction of sp³-hybridized carbons (Fsp3) is 0.600. The molecule has 0 radical (unpaired) electrons. The minimum Gasteiger partial charge on any atom is -0.314 e. The first kappa shape index (κ1) is 13.5. The van der Waals surface area contributed by atoms with Gasteiger partial charge < -0.3 is 5.32 Å². The first-order chi connectivity index (χ1) is 8.63. The van der Waals surface area contributed by atoms with Crippen molar-refractivity contribution in [3.8, 4) is 0 Å². The molecule has 1 aromatic carbocycles. The molecule has 1 fully saturated rings. The summed E-state index contributed by atoms with van der Waals surface area (Å²) in [4.78, 5) is 2.42. The molecule has 0 bridgehead atoms. The van der Waals surface area contributed by atoms with Crippen molar-refractivity contribution >= 4 is 0 Å². The first-order valence-electron chi connectivity index (χ1n) is 6.83. The molecule has 2 nitrogen and oxygen atoms in total. The summed E-state index contributed by atoms with van der Waals surface area (Å²) in [6, 6.07) is 7.49. The van der Waals surface area contributed by atoms with E-state index >= 15 is 0 Å². The molecule has 1 atom stereocenters. The Morgan fingerprint density at radius 2 is 2.28 bits per heavy atom. The molecule has 100 valence electrons. The van der Waals surface area contributed by atoms with E-state index in [9.17, 15) is 4.39 Å². The molecule has 1 aromatic rings. The van der Waals surface area contributed by atoms with Gasteiger partial charge in [-0.2, -0.15) is 0 Å². The van der Waals surface area contributed by atoms with Gasteiger partial charge in [-0.25, -0.2) is 4.39 Å². The molecule has 1 unspecified atom stereocenters. The van der Waals surface area contributed by atoms with E-state index < -0.39 is 0 Å². The fourth-order valence-corrected chi connectivity index (χ4v) is 2.52. The molecule has 18 heavy (non-hydrogen) atoms. The van der Waals surface area contributed by atoms with Crippen LogP contribution in [0, 0.1) is 11.7 Å². The molecule has 3 heteroatoms.